The number of hydrogen-bond donors (Lipinski definition) is 2. The van der Waals surface area contributed by atoms with Crippen molar-refractivity contribution < 1.29 is 13.9 Å². The van der Waals surface area contributed by atoms with E-state index in [4.69, 9.17) is 9.47 Å². The molecule has 0 saturated heterocycles. The molecule has 6 heteroatoms. The number of H-pyrrole nitrogens is 1. The van der Waals surface area contributed by atoms with Crippen LogP contribution in [0.4, 0.5) is 4.39 Å². The number of aromatic nitrogens is 2. The molecule has 0 amide bonds. The van der Waals surface area contributed by atoms with E-state index in [1.807, 2.05) is 24.3 Å². The SMILES string of the molecule is COCCOc1ccc(CNCc2cn[nH]c2-c2ccc(F)cc2)cc1. The van der Waals surface area contributed by atoms with Gasteiger partial charge in [-0.2, -0.15) is 5.10 Å². The molecule has 0 atom stereocenters. The summed E-state index contributed by atoms with van der Waals surface area (Å²) in [4.78, 5) is 0. The number of nitrogens with one attached hydrogen (secondary N) is 2. The lowest BCUT2D eigenvalue weighted by molar-refractivity contribution is 0.146. The molecule has 1 aromatic heterocycles. The van der Waals surface area contributed by atoms with Crippen LogP contribution in [-0.2, 0) is 17.8 Å². The Morgan fingerprint density at radius 2 is 1.77 bits per heavy atom. The van der Waals surface area contributed by atoms with Crippen LogP contribution >= 0.6 is 0 Å². The predicted octanol–water partition coefficient (Wildman–Crippen LogP) is 3.53. The number of halogens is 1. The maximum atomic E-state index is 13.1. The van der Waals surface area contributed by atoms with Crippen molar-refractivity contribution in [3.63, 3.8) is 0 Å². The van der Waals surface area contributed by atoms with Crippen LogP contribution in [0.5, 0.6) is 5.75 Å². The average Bonchev–Trinajstić information content (AvgIpc) is 3.12. The summed E-state index contributed by atoms with van der Waals surface area (Å²) in [7, 11) is 1.65. The maximum Gasteiger partial charge on any atom is 0.123 e. The van der Waals surface area contributed by atoms with Gasteiger partial charge in [-0.25, -0.2) is 4.39 Å². The standard InChI is InChI=1S/C20H22FN3O2/c1-25-10-11-26-19-8-2-15(3-9-19)12-22-13-17-14-23-24-20(17)16-4-6-18(21)7-5-16/h2-9,14,22H,10-13H2,1H3,(H,23,24). The minimum Gasteiger partial charge on any atom is -0.491 e. The number of hydrogen-bond acceptors (Lipinski definition) is 4. The minimum atomic E-state index is -0.248. The molecular formula is C20H22FN3O2. The topological polar surface area (TPSA) is 59.2 Å². The molecule has 26 heavy (non-hydrogen) atoms. The first-order chi connectivity index (χ1) is 12.8. The van der Waals surface area contributed by atoms with E-state index in [1.165, 1.54) is 12.1 Å². The van der Waals surface area contributed by atoms with Crippen molar-refractivity contribution in [1.82, 2.24) is 15.5 Å². The van der Waals surface area contributed by atoms with Crippen molar-refractivity contribution in [3.05, 3.63) is 71.7 Å². The lowest BCUT2D eigenvalue weighted by Crippen LogP contribution is -2.13. The van der Waals surface area contributed by atoms with Gasteiger partial charge < -0.3 is 14.8 Å². The number of nitrogens with zero attached hydrogens (tertiary/aromatic N) is 1. The van der Waals surface area contributed by atoms with Gasteiger partial charge in [-0.1, -0.05) is 12.1 Å². The van der Waals surface area contributed by atoms with Gasteiger partial charge in [0.25, 0.3) is 0 Å². The fourth-order valence-electron chi connectivity index (χ4n) is 2.60. The summed E-state index contributed by atoms with van der Waals surface area (Å²) < 4.78 is 23.6. The Kier molecular flexibility index (Phi) is 6.35. The molecule has 3 aromatic rings. The van der Waals surface area contributed by atoms with Crippen LogP contribution < -0.4 is 10.1 Å². The third-order valence-electron chi connectivity index (χ3n) is 3.97. The van der Waals surface area contributed by atoms with E-state index in [9.17, 15) is 4.39 Å². The summed E-state index contributed by atoms with van der Waals surface area (Å²) in [6.07, 6.45) is 1.79. The number of rotatable bonds is 9. The second kappa shape index (κ2) is 9.12. The van der Waals surface area contributed by atoms with Crippen LogP contribution in [0, 0.1) is 5.82 Å². The molecule has 5 nitrogen and oxygen atoms in total. The first kappa shape index (κ1) is 18.1. The minimum absolute atomic E-state index is 0.248. The number of benzene rings is 2. The third kappa shape index (κ3) is 4.91. The number of methoxy groups -OCH3 is 1. The van der Waals surface area contributed by atoms with E-state index < -0.39 is 0 Å². The first-order valence-electron chi connectivity index (χ1n) is 8.46. The Morgan fingerprint density at radius 3 is 2.50 bits per heavy atom. The highest BCUT2D eigenvalue weighted by atomic mass is 19.1. The van der Waals surface area contributed by atoms with E-state index in [2.05, 4.69) is 15.5 Å². The Balaban J connectivity index is 1.52. The van der Waals surface area contributed by atoms with E-state index in [-0.39, 0.29) is 5.82 Å². The molecule has 2 aromatic carbocycles. The van der Waals surface area contributed by atoms with Gasteiger partial charge in [0.1, 0.15) is 18.2 Å². The third-order valence-corrected chi connectivity index (χ3v) is 3.97. The molecule has 0 fully saturated rings. The molecule has 1 heterocycles. The Hall–Kier alpha value is -2.70. The summed E-state index contributed by atoms with van der Waals surface area (Å²) in [6, 6.07) is 14.4. The zero-order valence-corrected chi connectivity index (χ0v) is 14.7. The van der Waals surface area contributed by atoms with E-state index in [0.29, 0.717) is 19.8 Å². The molecule has 0 radical (unpaired) electrons. The molecule has 0 unspecified atom stereocenters. The number of aromatic amines is 1. The van der Waals surface area contributed by atoms with E-state index in [0.717, 1.165) is 34.7 Å². The lowest BCUT2D eigenvalue weighted by Gasteiger charge is -2.08. The highest BCUT2D eigenvalue weighted by molar-refractivity contribution is 5.62. The monoisotopic (exact) mass is 355 g/mol. The molecule has 3 rings (SSSR count). The normalized spacial score (nSPS) is 10.8. The highest BCUT2D eigenvalue weighted by Gasteiger charge is 2.07. The van der Waals surface area contributed by atoms with Crippen LogP contribution in [0.15, 0.2) is 54.7 Å². The highest BCUT2D eigenvalue weighted by Crippen LogP contribution is 2.21. The molecular weight excluding hydrogens is 333 g/mol. The quantitative estimate of drug-likeness (QED) is 0.577. The zero-order valence-electron chi connectivity index (χ0n) is 14.7. The van der Waals surface area contributed by atoms with E-state index in [1.54, 1.807) is 25.4 Å². The smallest absolute Gasteiger partial charge is 0.123 e. The van der Waals surface area contributed by atoms with Crippen LogP contribution in [0.3, 0.4) is 0 Å². The zero-order chi connectivity index (χ0) is 18.2. The van der Waals surface area contributed by atoms with Gasteiger partial charge in [0.15, 0.2) is 0 Å². The fraction of sp³-hybridized carbons (Fsp3) is 0.250. The Morgan fingerprint density at radius 1 is 1.00 bits per heavy atom. The van der Waals surface area contributed by atoms with Gasteiger partial charge in [0.2, 0.25) is 0 Å². The van der Waals surface area contributed by atoms with Crippen molar-refractivity contribution >= 4 is 0 Å². The average molecular weight is 355 g/mol. The van der Waals surface area contributed by atoms with Crippen LogP contribution in [-0.4, -0.2) is 30.5 Å². The van der Waals surface area contributed by atoms with Crippen molar-refractivity contribution in [2.45, 2.75) is 13.1 Å². The van der Waals surface area contributed by atoms with Gasteiger partial charge in [0.05, 0.1) is 18.5 Å². The Labute approximate surface area is 152 Å². The summed E-state index contributed by atoms with van der Waals surface area (Å²) in [5.74, 6) is 0.585. The lowest BCUT2D eigenvalue weighted by atomic mass is 10.1. The van der Waals surface area contributed by atoms with Gasteiger partial charge in [-0.3, -0.25) is 5.10 Å². The molecule has 0 aliphatic carbocycles. The summed E-state index contributed by atoms with van der Waals surface area (Å²) >= 11 is 0. The van der Waals surface area contributed by atoms with Crippen molar-refractivity contribution in [1.29, 1.82) is 0 Å². The first-order valence-corrected chi connectivity index (χ1v) is 8.46. The molecule has 2 N–H and O–H groups in total. The van der Waals surface area contributed by atoms with Crippen molar-refractivity contribution in [2.24, 2.45) is 0 Å². The van der Waals surface area contributed by atoms with Crippen LogP contribution in [0.25, 0.3) is 11.3 Å². The van der Waals surface area contributed by atoms with Crippen LogP contribution in [0.1, 0.15) is 11.1 Å². The molecule has 0 aliphatic heterocycles. The summed E-state index contributed by atoms with van der Waals surface area (Å²) in [5.41, 5.74) is 4.02. The predicted molar refractivity (Wildman–Crippen MR) is 98.3 cm³/mol. The van der Waals surface area contributed by atoms with Crippen LogP contribution in [0.2, 0.25) is 0 Å². The van der Waals surface area contributed by atoms with Gasteiger partial charge in [0, 0.05) is 31.3 Å². The van der Waals surface area contributed by atoms with Crippen molar-refractivity contribution in [3.8, 4) is 17.0 Å². The summed E-state index contributed by atoms with van der Waals surface area (Å²) in [5, 5.41) is 10.5. The van der Waals surface area contributed by atoms with Gasteiger partial charge >= 0.3 is 0 Å². The maximum absolute atomic E-state index is 13.1. The van der Waals surface area contributed by atoms with Gasteiger partial charge in [-0.05, 0) is 42.0 Å². The molecule has 0 spiro atoms. The largest absolute Gasteiger partial charge is 0.491 e. The Bertz CT molecular complexity index is 801. The van der Waals surface area contributed by atoms with Crippen molar-refractivity contribution in [2.75, 3.05) is 20.3 Å². The number of ether oxygens (including phenoxy) is 2. The molecule has 0 aliphatic rings. The molecule has 0 saturated carbocycles. The van der Waals surface area contributed by atoms with Gasteiger partial charge in [-0.15, -0.1) is 0 Å². The fourth-order valence-corrected chi connectivity index (χ4v) is 2.60. The second-order valence-electron chi connectivity index (χ2n) is 5.87. The molecule has 136 valence electrons. The van der Waals surface area contributed by atoms with E-state index >= 15 is 0 Å². The molecule has 0 bridgehead atoms. The second-order valence-corrected chi connectivity index (χ2v) is 5.87. The summed E-state index contributed by atoms with van der Waals surface area (Å²) in [6.45, 7) is 2.51.